The van der Waals surface area contributed by atoms with E-state index in [-0.39, 0.29) is 18.9 Å². The Morgan fingerprint density at radius 2 is 1.63 bits per heavy atom. The molecule has 3 aromatic rings. The molecule has 1 heterocycles. The van der Waals surface area contributed by atoms with Crippen molar-refractivity contribution in [2.24, 2.45) is 0 Å². The van der Waals surface area contributed by atoms with Crippen molar-refractivity contribution in [1.29, 1.82) is 0 Å². The number of carbonyl (C=O) groups is 2. The molecule has 0 saturated carbocycles. The average molecular weight is 426 g/mol. The molecule has 156 valence electrons. The molecule has 1 aromatic heterocycles. The van der Waals surface area contributed by atoms with Crippen LogP contribution in [0.25, 0.3) is 11.5 Å². The highest BCUT2D eigenvalue weighted by molar-refractivity contribution is 6.36. The number of halogens is 1. The van der Waals surface area contributed by atoms with E-state index >= 15 is 0 Å². The second-order valence-corrected chi connectivity index (χ2v) is 7.45. The summed E-state index contributed by atoms with van der Waals surface area (Å²) in [5.41, 5.74) is 2.06. The first-order chi connectivity index (χ1) is 14.6. The highest BCUT2D eigenvalue weighted by Gasteiger charge is 2.15. The molecule has 0 aliphatic carbocycles. The lowest BCUT2D eigenvalue weighted by molar-refractivity contribution is -0.138. The molecule has 3 rings (SSSR count). The Hall–Kier alpha value is -2.99. The summed E-state index contributed by atoms with van der Waals surface area (Å²) in [6.07, 6.45) is 5.05. The zero-order valence-electron chi connectivity index (χ0n) is 16.6. The van der Waals surface area contributed by atoms with Crippen molar-refractivity contribution < 1.29 is 14.0 Å². The lowest BCUT2D eigenvalue weighted by Crippen LogP contribution is -2.30. The highest BCUT2D eigenvalue weighted by Crippen LogP contribution is 2.20. The number of hydrogen-bond donors (Lipinski definition) is 1. The third kappa shape index (κ3) is 6.81. The van der Waals surface area contributed by atoms with Crippen LogP contribution >= 0.6 is 11.6 Å². The molecule has 0 aliphatic heterocycles. The van der Waals surface area contributed by atoms with Crippen LogP contribution in [-0.2, 0) is 22.6 Å². The van der Waals surface area contributed by atoms with E-state index in [1.165, 1.54) is 5.56 Å². The van der Waals surface area contributed by atoms with Crippen molar-refractivity contribution in [3.63, 3.8) is 0 Å². The maximum Gasteiger partial charge on any atom is 0.287 e. The van der Waals surface area contributed by atoms with Gasteiger partial charge < -0.3 is 9.73 Å². The molecule has 0 radical (unpaired) electrons. The minimum absolute atomic E-state index is 0.0161. The number of Topliss-reactive ketones (excluding diaryl/α,β-unsaturated/α-hetero) is 1. The van der Waals surface area contributed by atoms with Gasteiger partial charge in [0.25, 0.3) is 5.91 Å². The minimum atomic E-state index is -0.620. The molecule has 1 N–H and O–H groups in total. The zero-order chi connectivity index (χ0) is 21.2. The summed E-state index contributed by atoms with van der Waals surface area (Å²) in [5, 5.41) is 11.0. The largest absolute Gasteiger partial charge is 0.419 e. The van der Waals surface area contributed by atoms with Gasteiger partial charge in [-0.3, -0.25) is 9.59 Å². The van der Waals surface area contributed by atoms with Gasteiger partial charge in [-0.15, -0.1) is 10.2 Å². The number of unbranched alkanes of at least 4 members (excludes halogenated alkanes) is 3. The van der Waals surface area contributed by atoms with E-state index < -0.39 is 11.7 Å². The van der Waals surface area contributed by atoms with Gasteiger partial charge in [0.15, 0.2) is 0 Å². The van der Waals surface area contributed by atoms with Gasteiger partial charge in [0.05, 0.1) is 6.54 Å². The van der Waals surface area contributed by atoms with Gasteiger partial charge in [-0.1, -0.05) is 54.8 Å². The van der Waals surface area contributed by atoms with Crippen LogP contribution < -0.4 is 5.32 Å². The normalized spacial score (nSPS) is 10.7. The van der Waals surface area contributed by atoms with Gasteiger partial charge in [0.1, 0.15) is 0 Å². The van der Waals surface area contributed by atoms with Gasteiger partial charge in [-0.25, -0.2) is 0 Å². The molecule has 0 saturated heterocycles. The SMILES string of the molecule is O=C(CCCCCCc1ccccc1)C(=O)NCc1nnc(-c2ccc(Cl)cc2)o1. The average Bonchev–Trinajstić information content (AvgIpc) is 3.24. The molecule has 0 unspecified atom stereocenters. The molecule has 0 spiro atoms. The van der Waals surface area contributed by atoms with Gasteiger partial charge in [0, 0.05) is 17.0 Å². The molecular formula is C23H24ClN3O3. The minimum Gasteiger partial charge on any atom is -0.419 e. The monoisotopic (exact) mass is 425 g/mol. The number of nitrogens with one attached hydrogen (secondary N) is 1. The summed E-state index contributed by atoms with van der Waals surface area (Å²) in [4.78, 5) is 24.0. The van der Waals surface area contributed by atoms with Crippen LogP contribution in [0.4, 0.5) is 0 Å². The summed E-state index contributed by atoms with van der Waals surface area (Å²) < 4.78 is 5.51. The van der Waals surface area contributed by atoms with E-state index in [1.807, 2.05) is 18.2 Å². The summed E-state index contributed by atoms with van der Waals surface area (Å²) >= 11 is 5.86. The second-order valence-electron chi connectivity index (χ2n) is 7.01. The van der Waals surface area contributed by atoms with Crippen molar-refractivity contribution in [1.82, 2.24) is 15.5 Å². The van der Waals surface area contributed by atoms with Gasteiger partial charge in [0.2, 0.25) is 17.6 Å². The van der Waals surface area contributed by atoms with Crippen molar-refractivity contribution in [2.75, 3.05) is 0 Å². The van der Waals surface area contributed by atoms with Crippen molar-refractivity contribution in [2.45, 2.75) is 45.1 Å². The molecule has 30 heavy (non-hydrogen) atoms. The first-order valence-electron chi connectivity index (χ1n) is 10.0. The highest BCUT2D eigenvalue weighted by atomic mass is 35.5. The van der Waals surface area contributed by atoms with E-state index in [9.17, 15) is 9.59 Å². The molecule has 7 heteroatoms. The van der Waals surface area contributed by atoms with Crippen molar-refractivity contribution >= 4 is 23.3 Å². The quantitative estimate of drug-likeness (QED) is 0.353. The fourth-order valence-electron chi connectivity index (χ4n) is 3.02. The number of nitrogens with zero attached hydrogens (tertiary/aromatic N) is 2. The fourth-order valence-corrected chi connectivity index (χ4v) is 3.14. The summed E-state index contributed by atoms with van der Waals surface area (Å²) in [6, 6.07) is 17.3. The van der Waals surface area contributed by atoms with Crippen LogP contribution in [0.5, 0.6) is 0 Å². The number of rotatable bonds is 11. The van der Waals surface area contributed by atoms with Gasteiger partial charge in [-0.2, -0.15) is 0 Å². The van der Waals surface area contributed by atoms with Crippen LogP contribution in [0.2, 0.25) is 5.02 Å². The molecule has 1 amide bonds. The van der Waals surface area contributed by atoms with Crippen LogP contribution in [0, 0.1) is 0 Å². The van der Waals surface area contributed by atoms with E-state index in [1.54, 1.807) is 24.3 Å². The van der Waals surface area contributed by atoms with Crippen LogP contribution in [0.1, 0.15) is 43.6 Å². The Kier molecular flexibility index (Phi) is 8.15. The first kappa shape index (κ1) is 21.7. The van der Waals surface area contributed by atoms with E-state index in [0.717, 1.165) is 31.2 Å². The molecular weight excluding hydrogens is 402 g/mol. The Balaban J connectivity index is 1.32. The number of ketones is 1. The van der Waals surface area contributed by atoms with Crippen molar-refractivity contribution in [3.05, 3.63) is 71.1 Å². The maximum atomic E-state index is 12.0. The molecule has 6 nitrogen and oxygen atoms in total. The molecule has 0 aliphatic rings. The van der Waals surface area contributed by atoms with Gasteiger partial charge >= 0.3 is 0 Å². The van der Waals surface area contributed by atoms with Crippen molar-refractivity contribution in [3.8, 4) is 11.5 Å². The molecule has 0 atom stereocenters. The zero-order valence-corrected chi connectivity index (χ0v) is 17.4. The van der Waals surface area contributed by atoms with Gasteiger partial charge in [-0.05, 0) is 49.1 Å². The summed E-state index contributed by atoms with van der Waals surface area (Å²) in [5.74, 6) is -0.471. The number of aryl methyl sites for hydroxylation is 1. The Labute approximate surface area is 180 Å². The lowest BCUT2D eigenvalue weighted by Gasteiger charge is -2.03. The third-order valence-corrected chi connectivity index (χ3v) is 4.93. The third-order valence-electron chi connectivity index (χ3n) is 4.67. The Morgan fingerprint density at radius 1 is 0.900 bits per heavy atom. The Morgan fingerprint density at radius 3 is 2.40 bits per heavy atom. The topological polar surface area (TPSA) is 85.1 Å². The Bertz CT molecular complexity index is 955. The lowest BCUT2D eigenvalue weighted by atomic mass is 10.0. The molecule has 0 fully saturated rings. The van der Waals surface area contributed by atoms with Crippen LogP contribution in [0.15, 0.2) is 59.0 Å². The second kappa shape index (κ2) is 11.3. The maximum absolute atomic E-state index is 12.0. The number of hydrogen-bond acceptors (Lipinski definition) is 5. The smallest absolute Gasteiger partial charge is 0.287 e. The van der Waals surface area contributed by atoms with E-state index in [0.29, 0.717) is 17.3 Å². The fraction of sp³-hybridized carbons (Fsp3) is 0.304. The van der Waals surface area contributed by atoms with E-state index in [2.05, 4.69) is 27.6 Å². The standard InChI is InChI=1S/C23H24ClN3O3/c24-19-14-12-18(13-15-19)23-27-26-21(30-23)16-25-22(29)20(28)11-7-2-1-4-8-17-9-5-3-6-10-17/h3,5-6,9-10,12-15H,1-2,4,7-8,11,16H2,(H,25,29). The number of aromatic nitrogens is 2. The van der Waals surface area contributed by atoms with Crippen LogP contribution in [-0.4, -0.2) is 21.9 Å². The molecule has 2 aromatic carbocycles. The van der Waals surface area contributed by atoms with Crippen LogP contribution in [0.3, 0.4) is 0 Å². The first-order valence-corrected chi connectivity index (χ1v) is 10.4. The summed E-state index contributed by atoms with van der Waals surface area (Å²) in [6.45, 7) is 0.0161. The predicted octanol–water partition coefficient (Wildman–Crippen LogP) is 4.77. The number of amides is 1. The summed E-state index contributed by atoms with van der Waals surface area (Å²) in [7, 11) is 0. The molecule has 0 bridgehead atoms. The predicted molar refractivity (Wildman–Crippen MR) is 115 cm³/mol. The number of carbonyl (C=O) groups excluding carboxylic acids is 2. The van der Waals surface area contributed by atoms with E-state index in [4.69, 9.17) is 16.0 Å². The number of benzene rings is 2.